The number of tetrazole rings is 1. The Hall–Kier alpha value is -4.43. The fourth-order valence-corrected chi connectivity index (χ4v) is 1.86. The maximum Gasteiger partial charge on any atom is 0.327 e. The Labute approximate surface area is 403 Å². The quantitative estimate of drug-likeness (QED) is 0.0623. The van der Waals surface area contributed by atoms with Crippen molar-refractivity contribution >= 4 is 67.1 Å². The summed E-state index contributed by atoms with van der Waals surface area (Å²) in [6, 6.07) is 0. The van der Waals surface area contributed by atoms with E-state index in [0.717, 1.165) is 32.9 Å². The van der Waals surface area contributed by atoms with Crippen LogP contribution in [0.4, 0.5) is 0 Å². The number of nitrogens with zero attached hydrogens (tertiary/aromatic N) is 3. The van der Waals surface area contributed by atoms with Crippen LogP contribution in [0.5, 0.6) is 0 Å². The second-order valence-electron chi connectivity index (χ2n) is 12.7. The maximum atomic E-state index is 10.5. The van der Waals surface area contributed by atoms with Crippen molar-refractivity contribution in [2.75, 3.05) is 67.3 Å². The molecule has 0 amide bonds. The molecule has 0 aromatic carbocycles. The molecule has 0 saturated carbocycles. The van der Waals surface area contributed by atoms with Crippen molar-refractivity contribution in [1.82, 2.24) is 20.6 Å². The van der Waals surface area contributed by atoms with Crippen LogP contribution in [0.25, 0.3) is 0 Å². The average molecular weight is 1060 g/mol. The zero-order valence-corrected chi connectivity index (χ0v) is 46.4. The number of unbranched alkanes of at least 4 members (excludes halogenated alkanes) is 1. The van der Waals surface area contributed by atoms with Gasteiger partial charge in [0.05, 0.1) is 45.9 Å². The van der Waals surface area contributed by atoms with Gasteiger partial charge in [-0.3, -0.25) is 47.2 Å². The zero-order valence-electron chi connectivity index (χ0n) is 43.8. The third kappa shape index (κ3) is 227. The number of ether oxygens (including phenoxy) is 6. The highest BCUT2D eigenvalue weighted by Gasteiger charge is 2.09. The van der Waals surface area contributed by atoms with Gasteiger partial charge in [-0.2, -0.15) is 13.6 Å². The van der Waals surface area contributed by atoms with E-state index in [-0.39, 0.29) is 41.9 Å². The molecule has 0 saturated heterocycles. The molecule has 0 bridgehead atoms. The highest BCUT2D eigenvalue weighted by Crippen LogP contribution is 2.40. The predicted molar refractivity (Wildman–Crippen MR) is 252 cm³/mol. The maximum absolute atomic E-state index is 10.5. The smallest absolute Gasteiger partial charge is 0.327 e. The van der Waals surface area contributed by atoms with Crippen molar-refractivity contribution in [2.45, 2.75) is 129 Å². The van der Waals surface area contributed by atoms with Crippen molar-refractivity contribution < 1.29 is 108 Å². The third-order valence-electron chi connectivity index (χ3n) is 4.08. The number of carboxylic acid groups (broad SMARTS) is 1. The number of carboxylic acids is 1. The minimum absolute atomic E-state index is 0.0255. The number of nitrogens with one attached hydrogen (secondary N) is 1. The number of aliphatic carboxylic acids is 1. The van der Waals surface area contributed by atoms with Gasteiger partial charge in [-0.15, -0.1) is 10.2 Å². The molecule has 0 spiro atoms. The van der Waals surface area contributed by atoms with Gasteiger partial charge in [0.15, 0.2) is 5.82 Å². The molecule has 1 aromatic rings. The number of methoxy groups -OCH3 is 1. The van der Waals surface area contributed by atoms with Crippen LogP contribution in [0.15, 0.2) is 0 Å². The van der Waals surface area contributed by atoms with E-state index in [4.69, 9.17) is 24.2 Å². The Morgan fingerprint density at radius 1 is 0.676 bits per heavy atom. The van der Waals surface area contributed by atoms with Gasteiger partial charge in [0.1, 0.15) is 0 Å². The molecular weight excluding hydrogens is 974 g/mol. The third-order valence-corrected chi connectivity index (χ3v) is 5.41. The first-order chi connectivity index (χ1) is 30.6. The second-order valence-corrected chi connectivity index (χ2v) is 18.1. The zero-order chi connectivity index (χ0) is 56.7. The average Bonchev–Trinajstić information content (AvgIpc) is 3.63. The second kappa shape index (κ2) is 60.6. The fourth-order valence-electron chi connectivity index (χ4n) is 1.71. The van der Waals surface area contributed by atoms with E-state index in [1.54, 1.807) is 13.8 Å². The summed E-state index contributed by atoms with van der Waals surface area (Å²) in [6.45, 7) is 29.1. The normalized spacial score (nSPS) is 9.21. The van der Waals surface area contributed by atoms with E-state index < -0.39 is 31.3 Å². The van der Waals surface area contributed by atoms with Gasteiger partial charge in [0, 0.05) is 76.0 Å². The molecule has 0 aliphatic rings. The van der Waals surface area contributed by atoms with Crippen LogP contribution in [-0.4, -0.2) is 164 Å². The molecule has 5 N–H and O–H groups in total. The Bertz CT molecular complexity index is 1530. The summed E-state index contributed by atoms with van der Waals surface area (Å²) >= 11 is 0. The Kier molecular flexibility index (Phi) is 77.3. The predicted octanol–water partition coefficient (Wildman–Crippen LogP) is 5.22. The lowest BCUT2D eigenvalue weighted by molar-refractivity contribution is -0.145. The number of aromatic nitrogens is 4. The minimum Gasteiger partial charge on any atom is -0.481 e. The summed E-state index contributed by atoms with van der Waals surface area (Å²) in [5.74, 6) is -0.953. The van der Waals surface area contributed by atoms with E-state index in [0.29, 0.717) is 44.4 Å². The van der Waals surface area contributed by atoms with Crippen molar-refractivity contribution in [2.24, 2.45) is 5.92 Å². The molecule has 0 fully saturated rings. The lowest BCUT2D eigenvalue weighted by Gasteiger charge is -2.04. The summed E-state index contributed by atoms with van der Waals surface area (Å²) in [7, 11) is -5.91. The van der Waals surface area contributed by atoms with Gasteiger partial charge >= 0.3 is 51.0 Å². The van der Waals surface area contributed by atoms with Gasteiger partial charge in [-0.05, 0) is 46.5 Å². The van der Waals surface area contributed by atoms with Crippen molar-refractivity contribution in [3.63, 3.8) is 0 Å². The van der Waals surface area contributed by atoms with Gasteiger partial charge in [0.2, 0.25) is 0 Å². The van der Waals surface area contributed by atoms with Crippen molar-refractivity contribution in [1.29, 1.82) is 0 Å². The summed E-state index contributed by atoms with van der Waals surface area (Å²) in [5, 5.41) is 20.1. The first-order valence-corrected chi connectivity index (χ1v) is 25.8. The molecule has 1 aromatic heterocycles. The molecule has 410 valence electrons. The molecule has 0 radical (unpaired) electrons. The number of aromatic amines is 1. The number of H-pyrrole nitrogens is 1. The number of hydrogen-bond acceptors (Lipinski definition) is 22. The highest BCUT2D eigenvalue weighted by atomic mass is 32.2. The van der Waals surface area contributed by atoms with E-state index in [9.17, 15) is 46.3 Å². The lowest BCUT2D eigenvalue weighted by atomic mass is 10.2. The van der Waals surface area contributed by atoms with Gasteiger partial charge in [0.25, 0.3) is 16.1 Å². The van der Waals surface area contributed by atoms with Crippen LogP contribution in [0.1, 0.15) is 122 Å². The molecule has 1 rings (SSSR count). The van der Waals surface area contributed by atoms with Gasteiger partial charge in [-0.1, -0.05) is 39.3 Å². The molecular formula is C38H84N4O23P2S. The topological polar surface area (TPSA) is 397 Å². The number of hydrogen-bond donors (Lipinski definition) is 5. The number of esters is 6. The molecule has 0 aliphatic carbocycles. The SMILES string of the molecule is CC(=O)O.CC(=O)OC(C)C.CC(=O)OCC(C)C.CCCCOC(C)=O.CCCOC(C)=O.CCOC(C)=O.COC(C)=O.COP(C)(=O)OC.CP(=O)(O)O.CS(=O)(=O)O.Cc1nn[nH]n1. The fraction of sp³-hybridized carbons (Fsp3) is 0.789. The van der Waals surface area contributed by atoms with E-state index in [2.05, 4.69) is 65.0 Å². The lowest BCUT2D eigenvalue weighted by Crippen LogP contribution is -2.06. The summed E-state index contributed by atoms with van der Waals surface area (Å²) in [5.41, 5.74) is 0. The number of carbonyl (C=O) groups excluding carboxylic acids is 6. The van der Waals surface area contributed by atoms with E-state index >= 15 is 0 Å². The molecule has 27 nitrogen and oxygen atoms in total. The van der Waals surface area contributed by atoms with Crippen LogP contribution in [0.3, 0.4) is 0 Å². The molecule has 68 heavy (non-hydrogen) atoms. The highest BCUT2D eigenvalue weighted by molar-refractivity contribution is 7.85. The number of carbonyl (C=O) groups is 7. The molecule has 30 heteroatoms. The monoisotopic (exact) mass is 1060 g/mol. The molecule has 0 atom stereocenters. The largest absolute Gasteiger partial charge is 0.481 e. The summed E-state index contributed by atoms with van der Waals surface area (Å²) < 4.78 is 81.5. The Morgan fingerprint density at radius 3 is 1.10 bits per heavy atom. The number of aryl methyl sites for hydroxylation is 1. The van der Waals surface area contributed by atoms with Crippen molar-refractivity contribution in [3.8, 4) is 0 Å². The van der Waals surface area contributed by atoms with Crippen LogP contribution in [0.2, 0.25) is 0 Å². The molecule has 1 heterocycles. The van der Waals surface area contributed by atoms with Gasteiger partial charge in [-0.25, -0.2) is 0 Å². The van der Waals surface area contributed by atoms with Crippen molar-refractivity contribution in [3.05, 3.63) is 5.82 Å². The van der Waals surface area contributed by atoms with E-state index in [1.165, 1.54) is 69.5 Å². The van der Waals surface area contributed by atoms with Crippen LogP contribution < -0.4 is 0 Å². The molecule has 0 aliphatic heterocycles. The summed E-state index contributed by atoms with van der Waals surface area (Å²) in [6.07, 6.45) is 3.69. The Balaban J connectivity index is -0.0000000684. The van der Waals surface area contributed by atoms with Crippen LogP contribution in [-0.2, 0) is 90.3 Å². The minimum atomic E-state index is -3.67. The van der Waals surface area contributed by atoms with E-state index in [1.807, 2.05) is 34.6 Å². The van der Waals surface area contributed by atoms with Crippen LogP contribution >= 0.6 is 15.2 Å². The standard InChI is InChI=1S/2C6H12O2.2C5H10O2.C4H8O2.C3H9O3P.C3H6O2.C2H4N4.C2H4O2.CH5O3P.CH4O3S/c1-5(2)4-8-6(3)7;1-3-4-5-8-6(2)7;1-4(2)7-5(3)6;1-3-4-7-5(2)6;1-3-6-4(2)5;1-5-7(3,4)6-2;1-3(4)5-2;1-2-3-5-6-4-2;1-2(3)4;2*1-5(2,3)4/h5H,4H2,1-3H3;3-5H2,1-2H3;4H,1-3H3;3-4H2,1-2H3;3H2,1-2H3;1-3H3;1-2H3;1H3,(H,3,4,5,6);1H3,(H,3,4);1H3,(H2,2,3,4);1H3,(H,2,3,4). The van der Waals surface area contributed by atoms with Gasteiger partial charge < -0.3 is 52.4 Å². The summed E-state index contributed by atoms with van der Waals surface area (Å²) in [4.78, 5) is 83.9. The number of rotatable bonds is 11. The molecule has 0 unspecified atom stereocenters. The van der Waals surface area contributed by atoms with Crippen LogP contribution in [0, 0.1) is 12.8 Å². The first-order valence-electron chi connectivity index (χ1n) is 19.9. The Morgan fingerprint density at radius 2 is 1.01 bits per heavy atom. The first kappa shape index (κ1) is 86.7.